The molecule has 0 aliphatic carbocycles. The maximum Gasteiger partial charge on any atom is 0.220 e. The Morgan fingerprint density at radius 1 is 1.37 bits per heavy atom. The van der Waals surface area contributed by atoms with Gasteiger partial charge in [-0.3, -0.25) is 4.79 Å². The van der Waals surface area contributed by atoms with Gasteiger partial charge in [0.05, 0.1) is 6.10 Å². The lowest BCUT2D eigenvalue weighted by molar-refractivity contribution is -0.122. The average Bonchev–Trinajstić information content (AvgIpc) is 2.45. The summed E-state index contributed by atoms with van der Waals surface area (Å²) in [4.78, 5) is 11.7. The van der Waals surface area contributed by atoms with Crippen LogP contribution in [0.25, 0.3) is 0 Å². The molecule has 1 heterocycles. The summed E-state index contributed by atoms with van der Waals surface area (Å²) in [5, 5.41) is 16.2. The zero-order valence-electron chi connectivity index (χ0n) is 12.5. The zero-order chi connectivity index (χ0) is 14.1. The number of hydrogen-bond donors (Lipinski definition) is 3. The van der Waals surface area contributed by atoms with Crippen LogP contribution >= 0.6 is 0 Å². The summed E-state index contributed by atoms with van der Waals surface area (Å²) < 4.78 is 0. The van der Waals surface area contributed by atoms with Crippen molar-refractivity contribution in [1.29, 1.82) is 0 Å². The van der Waals surface area contributed by atoms with Gasteiger partial charge in [0, 0.05) is 19.0 Å². The predicted molar refractivity (Wildman–Crippen MR) is 78.0 cm³/mol. The van der Waals surface area contributed by atoms with E-state index in [4.69, 9.17) is 0 Å². The van der Waals surface area contributed by atoms with Crippen molar-refractivity contribution in [3.63, 3.8) is 0 Å². The van der Waals surface area contributed by atoms with Crippen LogP contribution < -0.4 is 10.6 Å². The van der Waals surface area contributed by atoms with Gasteiger partial charge in [-0.25, -0.2) is 0 Å². The fraction of sp³-hybridized carbons (Fsp3) is 0.933. The lowest BCUT2D eigenvalue weighted by atomic mass is 9.96. The van der Waals surface area contributed by atoms with Crippen LogP contribution in [0.15, 0.2) is 0 Å². The van der Waals surface area contributed by atoms with E-state index in [1.54, 1.807) is 0 Å². The molecule has 0 spiro atoms. The largest absolute Gasteiger partial charge is 0.391 e. The van der Waals surface area contributed by atoms with E-state index in [1.165, 1.54) is 19.3 Å². The molecule has 0 aromatic heterocycles. The molecule has 1 amide bonds. The summed E-state index contributed by atoms with van der Waals surface area (Å²) >= 11 is 0. The van der Waals surface area contributed by atoms with Gasteiger partial charge in [0.25, 0.3) is 0 Å². The second kappa shape index (κ2) is 9.32. The lowest BCUT2D eigenvalue weighted by Crippen LogP contribution is -2.38. The number of aliphatic hydroxyl groups is 1. The first kappa shape index (κ1) is 16.4. The molecular weight excluding hydrogens is 240 g/mol. The Labute approximate surface area is 117 Å². The van der Waals surface area contributed by atoms with Crippen molar-refractivity contribution in [3.8, 4) is 0 Å². The molecule has 4 nitrogen and oxygen atoms in total. The van der Waals surface area contributed by atoms with Crippen LogP contribution in [0.1, 0.15) is 58.8 Å². The quantitative estimate of drug-likeness (QED) is 0.630. The van der Waals surface area contributed by atoms with Crippen LogP contribution in [0.4, 0.5) is 0 Å². The van der Waals surface area contributed by atoms with Crippen molar-refractivity contribution in [3.05, 3.63) is 0 Å². The van der Waals surface area contributed by atoms with Gasteiger partial charge in [0.15, 0.2) is 0 Å². The summed E-state index contributed by atoms with van der Waals surface area (Å²) in [5.74, 6) is 0.359. The van der Waals surface area contributed by atoms with E-state index in [0.717, 1.165) is 25.8 Å². The maximum absolute atomic E-state index is 11.7. The molecule has 4 heteroatoms. The summed E-state index contributed by atoms with van der Waals surface area (Å²) in [6, 6.07) is 0.503. The van der Waals surface area contributed by atoms with E-state index in [-0.39, 0.29) is 5.91 Å². The SMILES string of the molecule is CCC(CC)C(O)CNC(=O)CCC1CCCCN1. The minimum atomic E-state index is -0.410. The topological polar surface area (TPSA) is 61.4 Å². The van der Waals surface area contributed by atoms with Gasteiger partial charge in [-0.05, 0) is 31.7 Å². The van der Waals surface area contributed by atoms with Crippen LogP contribution in [0.3, 0.4) is 0 Å². The third-order valence-electron chi connectivity index (χ3n) is 4.23. The summed E-state index contributed by atoms with van der Waals surface area (Å²) in [6.07, 6.45) is 6.69. The van der Waals surface area contributed by atoms with Gasteiger partial charge >= 0.3 is 0 Å². The van der Waals surface area contributed by atoms with Gasteiger partial charge in [0.1, 0.15) is 0 Å². The van der Waals surface area contributed by atoms with Crippen molar-refractivity contribution in [2.45, 2.75) is 70.9 Å². The minimum Gasteiger partial charge on any atom is -0.391 e. The molecule has 0 aromatic rings. The number of carbonyl (C=O) groups is 1. The van der Waals surface area contributed by atoms with E-state index in [1.807, 2.05) is 0 Å². The summed E-state index contributed by atoms with van der Waals surface area (Å²) in [6.45, 7) is 5.63. The van der Waals surface area contributed by atoms with E-state index in [2.05, 4.69) is 24.5 Å². The normalized spacial score (nSPS) is 21.4. The van der Waals surface area contributed by atoms with Crippen LogP contribution in [-0.2, 0) is 4.79 Å². The zero-order valence-corrected chi connectivity index (χ0v) is 12.5. The molecule has 0 aromatic carbocycles. The molecule has 0 saturated carbocycles. The highest BCUT2D eigenvalue weighted by molar-refractivity contribution is 5.75. The third kappa shape index (κ3) is 6.39. The van der Waals surface area contributed by atoms with Gasteiger partial charge in [-0.2, -0.15) is 0 Å². The fourth-order valence-electron chi connectivity index (χ4n) is 2.78. The monoisotopic (exact) mass is 270 g/mol. The van der Waals surface area contributed by atoms with Crippen molar-refractivity contribution in [1.82, 2.24) is 10.6 Å². The molecule has 0 bridgehead atoms. The average molecular weight is 270 g/mol. The van der Waals surface area contributed by atoms with Crippen LogP contribution in [0, 0.1) is 5.92 Å². The molecule has 1 saturated heterocycles. The van der Waals surface area contributed by atoms with Crippen LogP contribution in [-0.4, -0.2) is 36.2 Å². The number of amides is 1. The molecular formula is C15H30N2O2. The van der Waals surface area contributed by atoms with E-state index in [0.29, 0.717) is 24.9 Å². The first-order chi connectivity index (χ1) is 9.17. The highest BCUT2D eigenvalue weighted by Gasteiger charge is 2.17. The summed E-state index contributed by atoms with van der Waals surface area (Å²) in [7, 11) is 0. The Morgan fingerprint density at radius 2 is 2.11 bits per heavy atom. The first-order valence-electron chi connectivity index (χ1n) is 7.85. The van der Waals surface area contributed by atoms with Crippen molar-refractivity contribution >= 4 is 5.91 Å². The van der Waals surface area contributed by atoms with E-state index < -0.39 is 6.10 Å². The van der Waals surface area contributed by atoms with Crippen molar-refractivity contribution < 1.29 is 9.90 Å². The lowest BCUT2D eigenvalue weighted by Gasteiger charge is -2.23. The Bertz CT molecular complexity index is 249. The van der Waals surface area contributed by atoms with Crippen LogP contribution in [0.5, 0.6) is 0 Å². The first-order valence-corrected chi connectivity index (χ1v) is 7.85. The molecule has 2 unspecified atom stereocenters. The number of carbonyl (C=O) groups excluding carboxylic acids is 1. The molecule has 3 N–H and O–H groups in total. The summed E-state index contributed by atoms with van der Waals surface area (Å²) in [5.41, 5.74) is 0. The van der Waals surface area contributed by atoms with Gasteiger partial charge in [-0.1, -0.05) is 33.1 Å². The van der Waals surface area contributed by atoms with E-state index in [9.17, 15) is 9.90 Å². The molecule has 0 radical (unpaired) electrons. The number of aliphatic hydroxyl groups excluding tert-OH is 1. The highest BCUT2D eigenvalue weighted by atomic mass is 16.3. The number of piperidine rings is 1. The third-order valence-corrected chi connectivity index (χ3v) is 4.23. The van der Waals surface area contributed by atoms with Gasteiger partial charge in [0.2, 0.25) is 5.91 Å². The Morgan fingerprint density at radius 3 is 2.68 bits per heavy atom. The minimum absolute atomic E-state index is 0.0670. The smallest absolute Gasteiger partial charge is 0.220 e. The standard InChI is InChI=1S/C15H30N2O2/c1-3-12(4-2)14(18)11-17-15(19)9-8-13-7-5-6-10-16-13/h12-14,16,18H,3-11H2,1-2H3,(H,17,19). The molecule has 112 valence electrons. The van der Waals surface area contributed by atoms with Crippen molar-refractivity contribution in [2.75, 3.05) is 13.1 Å². The Hall–Kier alpha value is -0.610. The Balaban J connectivity index is 2.13. The Kier molecular flexibility index (Phi) is 8.07. The molecule has 1 aliphatic heterocycles. The highest BCUT2D eigenvalue weighted by Crippen LogP contribution is 2.13. The molecule has 1 aliphatic rings. The molecule has 1 fully saturated rings. The number of nitrogens with one attached hydrogen (secondary N) is 2. The maximum atomic E-state index is 11.7. The van der Waals surface area contributed by atoms with Gasteiger partial charge in [-0.15, -0.1) is 0 Å². The molecule has 2 atom stereocenters. The van der Waals surface area contributed by atoms with Gasteiger partial charge < -0.3 is 15.7 Å². The molecule has 19 heavy (non-hydrogen) atoms. The second-order valence-electron chi connectivity index (χ2n) is 5.63. The van der Waals surface area contributed by atoms with E-state index >= 15 is 0 Å². The molecule has 1 rings (SSSR count). The van der Waals surface area contributed by atoms with Crippen LogP contribution in [0.2, 0.25) is 0 Å². The second-order valence-corrected chi connectivity index (χ2v) is 5.63. The predicted octanol–water partition coefficient (Wildman–Crippen LogP) is 1.82. The number of hydrogen-bond acceptors (Lipinski definition) is 3. The number of rotatable bonds is 8. The van der Waals surface area contributed by atoms with Crippen molar-refractivity contribution in [2.24, 2.45) is 5.92 Å². The fourth-order valence-corrected chi connectivity index (χ4v) is 2.78.